The highest BCUT2D eigenvalue weighted by atomic mass is 19.4. The van der Waals surface area contributed by atoms with Crippen molar-refractivity contribution in [2.24, 2.45) is 5.41 Å². The number of hydrogen-bond acceptors (Lipinski definition) is 8. The molecule has 1 atom stereocenters. The zero-order valence-corrected chi connectivity index (χ0v) is 20.7. The van der Waals surface area contributed by atoms with Gasteiger partial charge in [-0.2, -0.15) is 23.5 Å². The van der Waals surface area contributed by atoms with Crippen LogP contribution < -0.4 is 15.4 Å². The van der Waals surface area contributed by atoms with Gasteiger partial charge in [-0.3, -0.25) is 9.59 Å². The lowest BCUT2D eigenvalue weighted by Gasteiger charge is -2.48. The van der Waals surface area contributed by atoms with E-state index < -0.39 is 17.3 Å². The van der Waals surface area contributed by atoms with Crippen molar-refractivity contribution in [1.29, 1.82) is 5.26 Å². The molecule has 1 unspecified atom stereocenters. The van der Waals surface area contributed by atoms with E-state index in [4.69, 9.17) is 10.00 Å². The summed E-state index contributed by atoms with van der Waals surface area (Å²) in [6.07, 6.45) is 0.253. The highest BCUT2D eigenvalue weighted by Gasteiger charge is 2.49. The number of carbonyl (C=O) groups is 1. The summed E-state index contributed by atoms with van der Waals surface area (Å²) in [4.78, 5) is 34.4. The molecule has 3 saturated heterocycles. The van der Waals surface area contributed by atoms with Gasteiger partial charge in [0.1, 0.15) is 17.5 Å². The molecule has 3 aliphatic rings. The van der Waals surface area contributed by atoms with Gasteiger partial charge < -0.3 is 19.4 Å². The van der Waals surface area contributed by atoms with Crippen LogP contribution in [0.3, 0.4) is 0 Å². The van der Waals surface area contributed by atoms with Crippen molar-refractivity contribution in [2.45, 2.75) is 37.9 Å². The maximum absolute atomic E-state index is 13.5. The van der Waals surface area contributed by atoms with E-state index >= 15 is 0 Å². The van der Waals surface area contributed by atoms with E-state index in [-0.39, 0.29) is 42.7 Å². The second kappa shape index (κ2) is 10.2. The molecule has 38 heavy (non-hydrogen) atoms. The van der Waals surface area contributed by atoms with E-state index in [1.54, 1.807) is 12.3 Å². The van der Waals surface area contributed by atoms with Gasteiger partial charge in [-0.25, -0.2) is 10.1 Å². The predicted octanol–water partition coefficient (Wildman–Crippen LogP) is 2.17. The second-order valence-electron chi connectivity index (χ2n) is 10.2. The summed E-state index contributed by atoms with van der Waals surface area (Å²) in [5.74, 6) is 0.824. The van der Waals surface area contributed by atoms with Gasteiger partial charge >= 0.3 is 6.18 Å². The molecule has 0 aliphatic carbocycles. The summed E-state index contributed by atoms with van der Waals surface area (Å²) >= 11 is 0. The fourth-order valence-electron chi connectivity index (χ4n) is 5.71. The van der Waals surface area contributed by atoms with Crippen LogP contribution in [0.5, 0.6) is 0 Å². The highest BCUT2D eigenvalue weighted by molar-refractivity contribution is 5.77. The van der Waals surface area contributed by atoms with Gasteiger partial charge in [0.2, 0.25) is 5.91 Å². The van der Waals surface area contributed by atoms with Crippen molar-refractivity contribution in [3.05, 3.63) is 46.0 Å². The fourth-order valence-corrected chi connectivity index (χ4v) is 5.71. The number of carbonyl (C=O) groups excluding carboxylic acids is 1. The minimum absolute atomic E-state index is 0.00741. The number of nitrogens with one attached hydrogen (secondary N) is 1. The number of nitrogens with zero attached hydrogens (tertiary/aromatic N) is 6. The normalized spacial score (nSPS) is 20.6. The van der Waals surface area contributed by atoms with Crippen LogP contribution in [-0.4, -0.2) is 78.0 Å². The third-order valence-corrected chi connectivity index (χ3v) is 7.62. The lowest BCUT2D eigenvalue weighted by Crippen LogP contribution is -2.59. The van der Waals surface area contributed by atoms with Crippen molar-refractivity contribution >= 4 is 17.4 Å². The number of rotatable bonds is 7. The van der Waals surface area contributed by atoms with Crippen LogP contribution in [0.25, 0.3) is 0 Å². The quantitative estimate of drug-likeness (QED) is 0.540. The third kappa shape index (κ3) is 5.18. The number of nitriles is 1. The largest absolute Gasteiger partial charge is 0.423 e. The number of alkyl halides is 3. The van der Waals surface area contributed by atoms with Crippen LogP contribution >= 0.6 is 0 Å². The molecule has 0 radical (unpaired) electrons. The van der Waals surface area contributed by atoms with Gasteiger partial charge in [0.25, 0.3) is 5.56 Å². The Morgan fingerprint density at radius 1 is 1.24 bits per heavy atom. The van der Waals surface area contributed by atoms with E-state index in [2.05, 4.69) is 21.1 Å². The van der Waals surface area contributed by atoms with E-state index in [0.717, 1.165) is 31.5 Å². The van der Waals surface area contributed by atoms with Crippen LogP contribution in [0.15, 0.2) is 29.3 Å². The third-order valence-electron chi connectivity index (χ3n) is 7.62. The van der Waals surface area contributed by atoms with Gasteiger partial charge in [0, 0.05) is 44.3 Å². The molecule has 13 heteroatoms. The Labute approximate surface area is 217 Å². The zero-order chi connectivity index (χ0) is 26.9. The van der Waals surface area contributed by atoms with Crippen LogP contribution in [0, 0.1) is 16.7 Å². The molecule has 0 bridgehead atoms. The molecule has 0 aromatic carbocycles. The lowest BCUT2D eigenvalue weighted by atomic mass is 9.79. The van der Waals surface area contributed by atoms with Crippen molar-refractivity contribution < 1.29 is 22.7 Å². The number of H-pyrrole nitrogens is 1. The number of likely N-dealkylation sites (tertiary alicyclic amines) is 1. The summed E-state index contributed by atoms with van der Waals surface area (Å²) in [7, 11) is 0. The Kier molecular flexibility index (Phi) is 7.00. The zero-order valence-electron chi connectivity index (χ0n) is 20.7. The van der Waals surface area contributed by atoms with E-state index in [1.165, 1.54) is 4.90 Å². The average Bonchev–Trinajstić information content (AvgIpc) is 3.52. The van der Waals surface area contributed by atoms with Crippen molar-refractivity contribution in [2.75, 3.05) is 55.7 Å². The monoisotopic (exact) mass is 531 g/mol. The first-order valence-electron chi connectivity index (χ1n) is 12.6. The molecule has 3 fully saturated rings. The van der Waals surface area contributed by atoms with Gasteiger partial charge in [-0.05, 0) is 31.4 Å². The fraction of sp³-hybridized carbons (Fsp3) is 0.560. The Hall–Kier alpha value is -3.66. The molecule has 202 valence electrons. The first-order valence-corrected chi connectivity index (χ1v) is 12.6. The van der Waals surface area contributed by atoms with Crippen molar-refractivity contribution in [3.63, 3.8) is 0 Å². The first-order chi connectivity index (χ1) is 18.2. The van der Waals surface area contributed by atoms with Gasteiger partial charge in [-0.15, -0.1) is 0 Å². The van der Waals surface area contributed by atoms with Gasteiger partial charge in [0.15, 0.2) is 0 Å². The highest BCUT2D eigenvalue weighted by Crippen LogP contribution is 2.41. The summed E-state index contributed by atoms with van der Waals surface area (Å²) in [5.41, 5.74) is -2.19. The number of pyridine rings is 1. The van der Waals surface area contributed by atoms with Crippen LogP contribution in [0.1, 0.15) is 36.8 Å². The topological polar surface area (TPSA) is 118 Å². The molecule has 10 nitrogen and oxygen atoms in total. The van der Waals surface area contributed by atoms with Crippen LogP contribution in [0.2, 0.25) is 0 Å². The molecule has 2 aromatic heterocycles. The molecule has 1 spiro atoms. The number of halogens is 3. The smallest absolute Gasteiger partial charge is 0.379 e. The Balaban J connectivity index is 1.07. The van der Waals surface area contributed by atoms with Crippen LogP contribution in [-0.2, 0) is 15.7 Å². The van der Waals surface area contributed by atoms with Crippen molar-refractivity contribution in [3.8, 4) is 6.07 Å². The average molecular weight is 532 g/mol. The maximum Gasteiger partial charge on any atom is 0.423 e. The minimum atomic E-state index is -4.80. The summed E-state index contributed by atoms with van der Waals surface area (Å²) in [5, 5.41) is 14.4. The summed E-state index contributed by atoms with van der Waals surface area (Å²) in [6.45, 7) is 3.70. The maximum atomic E-state index is 13.5. The number of hydrogen-bond donors (Lipinski definition) is 1. The predicted molar refractivity (Wildman–Crippen MR) is 130 cm³/mol. The molecule has 0 saturated carbocycles. The summed E-state index contributed by atoms with van der Waals surface area (Å²) in [6, 6.07) is 5.33. The van der Waals surface area contributed by atoms with Gasteiger partial charge in [0.05, 0.1) is 43.1 Å². The summed E-state index contributed by atoms with van der Waals surface area (Å²) < 4.78 is 46.2. The standard InChI is InChI=1S/C25H28F3N7O3/c26-25(27,28)22-19(12-31-32-23(22)37)35-7-1-2-18(35)13-38-9-5-21(36)34-15-24(16-34)6-8-33(14-24)20-4-3-17(10-29)11-30-20/h3-4,11-12,18H,1-2,5-9,13-16H2,(H,32,37). The van der Waals surface area contributed by atoms with E-state index in [0.29, 0.717) is 38.0 Å². The van der Waals surface area contributed by atoms with E-state index in [1.807, 2.05) is 16.1 Å². The molecule has 5 heterocycles. The molecular formula is C25H28F3N7O3. The van der Waals surface area contributed by atoms with Crippen molar-refractivity contribution in [1.82, 2.24) is 20.1 Å². The molecule has 1 N–H and O–H groups in total. The van der Waals surface area contributed by atoms with Gasteiger partial charge in [-0.1, -0.05) is 0 Å². The SMILES string of the molecule is N#Cc1ccc(N2CCC3(CN(C(=O)CCOCC4CCCN4c4cn[nH]c(=O)c4C(F)(F)F)C3)C2)nc1. The molecule has 3 aliphatic heterocycles. The van der Waals surface area contributed by atoms with Crippen LogP contribution in [0.4, 0.5) is 24.7 Å². The van der Waals surface area contributed by atoms with E-state index in [9.17, 15) is 22.8 Å². The molecular weight excluding hydrogens is 503 g/mol. The molecule has 1 amide bonds. The Morgan fingerprint density at radius 2 is 2.05 bits per heavy atom. The number of anilines is 2. The molecule has 2 aromatic rings. The number of amides is 1. The second-order valence-corrected chi connectivity index (χ2v) is 10.2. The Morgan fingerprint density at radius 3 is 2.76 bits per heavy atom. The minimum Gasteiger partial charge on any atom is -0.379 e. The number of aromatic amines is 1. The number of aromatic nitrogens is 3. The number of ether oxygens (including phenoxy) is 1. The molecule has 5 rings (SSSR count). The first kappa shape index (κ1) is 26.0. The lowest BCUT2D eigenvalue weighted by molar-refractivity contribution is -0.143. The Bertz CT molecular complexity index is 1270.